The lowest BCUT2D eigenvalue weighted by Crippen LogP contribution is -2.42. The Morgan fingerprint density at radius 2 is 1.96 bits per heavy atom. The molecule has 0 heterocycles. The summed E-state index contributed by atoms with van der Waals surface area (Å²) < 4.78 is 4.63. The van der Waals surface area contributed by atoms with E-state index in [-0.39, 0.29) is 24.5 Å². The van der Waals surface area contributed by atoms with Gasteiger partial charge in [-0.2, -0.15) is 0 Å². The highest BCUT2D eigenvalue weighted by Gasteiger charge is 2.22. The monoisotopic (exact) mass is 332 g/mol. The fourth-order valence-electron chi connectivity index (χ4n) is 2.80. The minimum atomic E-state index is -0.386. The van der Waals surface area contributed by atoms with E-state index in [1.165, 1.54) is 19.7 Å². The number of carbonyl (C=O) groups excluding carboxylic acids is 2. The molecule has 2 rings (SSSR count). The second-order valence-electron chi connectivity index (χ2n) is 6.06. The van der Waals surface area contributed by atoms with Gasteiger partial charge in [0.15, 0.2) is 6.61 Å². The van der Waals surface area contributed by atoms with Crippen LogP contribution in [0.25, 0.3) is 0 Å². The summed E-state index contributed by atoms with van der Waals surface area (Å²) in [4.78, 5) is 28.2. The van der Waals surface area contributed by atoms with Crippen LogP contribution in [0.15, 0.2) is 29.4 Å². The molecule has 1 fully saturated rings. The Labute approximate surface area is 142 Å². The Morgan fingerprint density at radius 3 is 2.62 bits per heavy atom. The summed E-state index contributed by atoms with van der Waals surface area (Å²) in [5.74, 6) is -0.0187. The van der Waals surface area contributed by atoms with Gasteiger partial charge < -0.3 is 14.9 Å². The van der Waals surface area contributed by atoms with Crippen molar-refractivity contribution in [3.05, 3.63) is 35.4 Å². The molecule has 1 saturated carbocycles. The van der Waals surface area contributed by atoms with Crippen LogP contribution < -0.4 is 5.32 Å². The summed E-state index contributed by atoms with van der Waals surface area (Å²) in [6, 6.07) is 6.98. The first-order valence-corrected chi connectivity index (χ1v) is 8.23. The van der Waals surface area contributed by atoms with Gasteiger partial charge in [-0.3, -0.25) is 4.79 Å². The minimum absolute atomic E-state index is 0.0973. The van der Waals surface area contributed by atoms with Crippen LogP contribution in [0.4, 0.5) is 0 Å². The van der Waals surface area contributed by atoms with E-state index in [0.29, 0.717) is 11.5 Å². The maximum absolute atomic E-state index is 11.9. The molecular formula is C18H24N2O4. The zero-order valence-electron chi connectivity index (χ0n) is 14.2. The molecule has 0 bridgehead atoms. The van der Waals surface area contributed by atoms with Gasteiger partial charge in [0.25, 0.3) is 5.91 Å². The number of nitrogens with zero attached hydrogens (tertiary/aromatic N) is 1. The molecule has 1 aromatic carbocycles. The second-order valence-corrected chi connectivity index (χ2v) is 6.06. The van der Waals surface area contributed by atoms with Gasteiger partial charge in [0, 0.05) is 6.04 Å². The lowest BCUT2D eigenvalue weighted by atomic mass is 9.86. The summed E-state index contributed by atoms with van der Waals surface area (Å²) in [5.41, 5.74) is 1.24. The van der Waals surface area contributed by atoms with Crippen LogP contribution in [-0.2, 0) is 14.4 Å². The highest BCUT2D eigenvalue weighted by Crippen LogP contribution is 2.23. The van der Waals surface area contributed by atoms with Crippen molar-refractivity contribution in [1.29, 1.82) is 0 Å². The topological polar surface area (TPSA) is 77.0 Å². The molecule has 2 atom stereocenters. The molecule has 6 heteroatoms. The summed E-state index contributed by atoms with van der Waals surface area (Å²) in [7, 11) is 1.34. The van der Waals surface area contributed by atoms with Crippen LogP contribution in [0, 0.1) is 5.92 Å². The molecule has 1 N–H and O–H groups in total. The van der Waals surface area contributed by atoms with Crippen molar-refractivity contribution in [2.24, 2.45) is 11.1 Å². The molecule has 0 saturated heterocycles. The molecule has 1 aliphatic carbocycles. The molecule has 1 aromatic rings. The van der Waals surface area contributed by atoms with Gasteiger partial charge in [-0.25, -0.2) is 4.79 Å². The average Bonchev–Trinajstić information content (AvgIpc) is 2.60. The molecule has 0 aromatic heterocycles. The zero-order chi connectivity index (χ0) is 17.4. The van der Waals surface area contributed by atoms with Crippen LogP contribution in [0.5, 0.6) is 0 Å². The number of ether oxygens (including phenoxy) is 1. The minimum Gasteiger partial charge on any atom is -0.465 e. The number of oxime groups is 1. The van der Waals surface area contributed by atoms with Crippen LogP contribution in [0.1, 0.15) is 48.5 Å². The number of methoxy groups -OCH3 is 1. The quantitative estimate of drug-likeness (QED) is 0.493. The summed E-state index contributed by atoms with van der Waals surface area (Å²) in [6.45, 7) is 2.07. The van der Waals surface area contributed by atoms with E-state index in [2.05, 4.69) is 22.1 Å². The number of nitrogens with one attached hydrogen (secondary N) is 1. The highest BCUT2D eigenvalue weighted by molar-refractivity contribution is 5.90. The van der Waals surface area contributed by atoms with E-state index in [1.807, 2.05) is 0 Å². The molecule has 130 valence electrons. The fourth-order valence-corrected chi connectivity index (χ4v) is 2.80. The fraction of sp³-hybridized carbons (Fsp3) is 0.500. The third kappa shape index (κ3) is 5.37. The third-order valence-corrected chi connectivity index (χ3v) is 4.26. The standard InChI is InChI=1S/C18H24N2O4/c1-13-5-3-4-6-16(13)20-17(21)12-24-19-11-14-7-9-15(10-8-14)18(22)23-2/h7-11,13,16H,3-6,12H2,1-2H3,(H,20,21)/b19-11+. The van der Waals surface area contributed by atoms with E-state index in [0.717, 1.165) is 24.8 Å². The van der Waals surface area contributed by atoms with E-state index >= 15 is 0 Å². The number of rotatable bonds is 6. The van der Waals surface area contributed by atoms with E-state index in [1.54, 1.807) is 24.3 Å². The van der Waals surface area contributed by atoms with Crippen molar-refractivity contribution in [3.63, 3.8) is 0 Å². The van der Waals surface area contributed by atoms with Gasteiger partial charge in [0.1, 0.15) is 0 Å². The number of hydrogen-bond acceptors (Lipinski definition) is 5. The van der Waals surface area contributed by atoms with E-state index in [4.69, 9.17) is 4.84 Å². The molecule has 1 amide bonds. The van der Waals surface area contributed by atoms with Crippen molar-refractivity contribution in [2.45, 2.75) is 38.6 Å². The first kappa shape index (κ1) is 18.0. The lowest BCUT2D eigenvalue weighted by Gasteiger charge is -2.29. The Hall–Kier alpha value is -2.37. The predicted molar refractivity (Wildman–Crippen MR) is 90.9 cm³/mol. The predicted octanol–water partition coefficient (Wildman–Crippen LogP) is 2.52. The molecule has 6 nitrogen and oxygen atoms in total. The van der Waals surface area contributed by atoms with Gasteiger partial charge in [0.2, 0.25) is 0 Å². The number of carbonyl (C=O) groups is 2. The van der Waals surface area contributed by atoms with Crippen LogP contribution in [-0.4, -0.2) is 37.8 Å². The number of benzene rings is 1. The molecular weight excluding hydrogens is 308 g/mol. The van der Waals surface area contributed by atoms with Crippen molar-refractivity contribution < 1.29 is 19.2 Å². The summed E-state index contributed by atoms with van der Waals surface area (Å²) in [5, 5.41) is 6.79. The van der Waals surface area contributed by atoms with Gasteiger partial charge >= 0.3 is 5.97 Å². The molecule has 0 spiro atoms. The zero-order valence-corrected chi connectivity index (χ0v) is 14.2. The van der Waals surface area contributed by atoms with Crippen molar-refractivity contribution >= 4 is 18.1 Å². The SMILES string of the molecule is COC(=O)c1ccc(/C=N/OCC(=O)NC2CCCCC2C)cc1. The van der Waals surface area contributed by atoms with Gasteiger partial charge in [-0.1, -0.05) is 37.1 Å². The number of amides is 1. The molecule has 0 radical (unpaired) electrons. The van der Waals surface area contributed by atoms with E-state index < -0.39 is 0 Å². The molecule has 1 aliphatic rings. The second kappa shape index (κ2) is 9.05. The number of hydrogen-bond donors (Lipinski definition) is 1. The first-order valence-electron chi connectivity index (χ1n) is 8.23. The Balaban J connectivity index is 1.73. The van der Waals surface area contributed by atoms with Crippen LogP contribution in [0.2, 0.25) is 0 Å². The Bertz CT molecular complexity index is 583. The lowest BCUT2D eigenvalue weighted by molar-refractivity contribution is -0.126. The summed E-state index contributed by atoms with van der Waals surface area (Å²) in [6.07, 6.45) is 6.09. The Kier molecular flexibility index (Phi) is 6.78. The molecule has 0 aliphatic heterocycles. The van der Waals surface area contributed by atoms with Crippen LogP contribution >= 0.6 is 0 Å². The van der Waals surface area contributed by atoms with Crippen molar-refractivity contribution in [3.8, 4) is 0 Å². The maximum atomic E-state index is 11.9. The smallest absolute Gasteiger partial charge is 0.337 e. The maximum Gasteiger partial charge on any atom is 0.337 e. The first-order chi connectivity index (χ1) is 11.6. The van der Waals surface area contributed by atoms with Gasteiger partial charge in [-0.15, -0.1) is 0 Å². The highest BCUT2D eigenvalue weighted by atomic mass is 16.6. The van der Waals surface area contributed by atoms with E-state index in [9.17, 15) is 9.59 Å². The normalized spacial score (nSPS) is 20.6. The van der Waals surface area contributed by atoms with Crippen LogP contribution in [0.3, 0.4) is 0 Å². The van der Waals surface area contributed by atoms with Gasteiger partial charge in [-0.05, 0) is 36.5 Å². The molecule has 2 unspecified atom stereocenters. The average molecular weight is 332 g/mol. The number of esters is 1. The summed E-state index contributed by atoms with van der Waals surface area (Å²) >= 11 is 0. The third-order valence-electron chi connectivity index (χ3n) is 4.26. The van der Waals surface area contributed by atoms with Crippen molar-refractivity contribution in [1.82, 2.24) is 5.32 Å². The van der Waals surface area contributed by atoms with Crippen molar-refractivity contribution in [2.75, 3.05) is 13.7 Å². The largest absolute Gasteiger partial charge is 0.465 e. The van der Waals surface area contributed by atoms with Gasteiger partial charge in [0.05, 0.1) is 18.9 Å². The molecule has 24 heavy (non-hydrogen) atoms. The Morgan fingerprint density at radius 1 is 1.25 bits per heavy atom.